The number of anilines is 1. The smallest absolute Gasteiger partial charge is 0.311 e. The second-order valence-electron chi connectivity index (χ2n) is 5.14. The summed E-state index contributed by atoms with van der Waals surface area (Å²) in [4.78, 5) is 11.6. The van der Waals surface area contributed by atoms with Crippen LogP contribution in [0.5, 0.6) is 0 Å². The van der Waals surface area contributed by atoms with Crippen LogP contribution in [0.25, 0.3) is 0 Å². The molecular formula is C17H19NO2. The minimum absolute atomic E-state index is 0.407. The first kappa shape index (κ1) is 14.1. The average Bonchev–Trinajstić information content (AvgIpc) is 2.41. The van der Waals surface area contributed by atoms with Crippen molar-refractivity contribution in [3.63, 3.8) is 0 Å². The minimum atomic E-state index is -0.823. The molecule has 3 heteroatoms. The van der Waals surface area contributed by atoms with E-state index in [9.17, 15) is 9.90 Å². The largest absolute Gasteiger partial charge is 0.481 e. The molecule has 2 rings (SSSR count). The Balaban J connectivity index is 2.34. The van der Waals surface area contributed by atoms with Gasteiger partial charge in [0.1, 0.15) is 0 Å². The fourth-order valence-corrected chi connectivity index (χ4v) is 2.27. The first-order chi connectivity index (χ1) is 9.49. The Morgan fingerprint density at radius 2 is 1.85 bits per heavy atom. The van der Waals surface area contributed by atoms with Crippen molar-refractivity contribution < 1.29 is 9.90 Å². The standard InChI is InChI=1S/C17H19NO2/c1-11-7-8-13(9-12(11)2)15(17(19)20)10-14-5-3-4-6-16(14)18/h3-9,15H,10,18H2,1-2H3,(H,19,20). The molecule has 104 valence electrons. The summed E-state index contributed by atoms with van der Waals surface area (Å²) in [5, 5.41) is 9.50. The van der Waals surface area contributed by atoms with Gasteiger partial charge in [-0.05, 0) is 48.6 Å². The third kappa shape index (κ3) is 2.99. The summed E-state index contributed by atoms with van der Waals surface area (Å²) < 4.78 is 0. The maximum absolute atomic E-state index is 11.6. The van der Waals surface area contributed by atoms with Gasteiger partial charge >= 0.3 is 5.97 Å². The molecule has 0 fully saturated rings. The van der Waals surface area contributed by atoms with Crippen molar-refractivity contribution in [3.8, 4) is 0 Å². The van der Waals surface area contributed by atoms with Gasteiger partial charge in [-0.2, -0.15) is 0 Å². The number of benzene rings is 2. The van der Waals surface area contributed by atoms with E-state index in [1.54, 1.807) is 6.07 Å². The SMILES string of the molecule is Cc1ccc(C(Cc2ccccc2N)C(=O)O)cc1C. The van der Waals surface area contributed by atoms with Crippen LogP contribution in [0.2, 0.25) is 0 Å². The molecule has 0 aliphatic carbocycles. The van der Waals surface area contributed by atoms with Crippen LogP contribution < -0.4 is 5.73 Å². The van der Waals surface area contributed by atoms with Crippen molar-refractivity contribution in [2.75, 3.05) is 5.73 Å². The van der Waals surface area contributed by atoms with Crippen LogP contribution in [-0.4, -0.2) is 11.1 Å². The minimum Gasteiger partial charge on any atom is -0.481 e. The molecule has 0 saturated heterocycles. The van der Waals surface area contributed by atoms with Gasteiger partial charge in [0.15, 0.2) is 0 Å². The van der Waals surface area contributed by atoms with Gasteiger partial charge in [-0.15, -0.1) is 0 Å². The number of rotatable bonds is 4. The van der Waals surface area contributed by atoms with Gasteiger partial charge in [0.2, 0.25) is 0 Å². The van der Waals surface area contributed by atoms with Gasteiger partial charge in [-0.25, -0.2) is 0 Å². The van der Waals surface area contributed by atoms with Gasteiger partial charge in [0.05, 0.1) is 5.92 Å². The maximum atomic E-state index is 11.6. The Morgan fingerprint density at radius 3 is 2.45 bits per heavy atom. The van der Waals surface area contributed by atoms with E-state index >= 15 is 0 Å². The van der Waals surface area contributed by atoms with E-state index in [1.165, 1.54) is 0 Å². The van der Waals surface area contributed by atoms with Crippen molar-refractivity contribution in [2.45, 2.75) is 26.2 Å². The highest BCUT2D eigenvalue weighted by Gasteiger charge is 2.21. The molecule has 1 unspecified atom stereocenters. The van der Waals surface area contributed by atoms with Crippen LogP contribution in [0.4, 0.5) is 5.69 Å². The second kappa shape index (κ2) is 5.78. The maximum Gasteiger partial charge on any atom is 0.311 e. The predicted molar refractivity (Wildman–Crippen MR) is 80.9 cm³/mol. The quantitative estimate of drug-likeness (QED) is 0.837. The van der Waals surface area contributed by atoms with Crippen LogP contribution in [-0.2, 0) is 11.2 Å². The van der Waals surface area contributed by atoms with E-state index in [2.05, 4.69) is 0 Å². The molecule has 0 radical (unpaired) electrons. The summed E-state index contributed by atoms with van der Waals surface area (Å²) in [7, 11) is 0. The molecule has 1 atom stereocenters. The molecule has 0 bridgehead atoms. The number of carboxylic acids is 1. The highest BCUT2D eigenvalue weighted by atomic mass is 16.4. The summed E-state index contributed by atoms with van der Waals surface area (Å²) in [6, 6.07) is 13.2. The van der Waals surface area contributed by atoms with Crippen molar-refractivity contribution in [1.82, 2.24) is 0 Å². The van der Waals surface area contributed by atoms with Crippen LogP contribution in [0, 0.1) is 13.8 Å². The summed E-state index contributed by atoms with van der Waals surface area (Å²) in [6.45, 7) is 4.01. The Kier molecular flexibility index (Phi) is 4.08. The van der Waals surface area contributed by atoms with Gasteiger partial charge in [0, 0.05) is 5.69 Å². The lowest BCUT2D eigenvalue weighted by Crippen LogP contribution is -2.15. The molecule has 0 aliphatic rings. The summed E-state index contributed by atoms with van der Waals surface area (Å²) in [5.74, 6) is -1.39. The second-order valence-corrected chi connectivity index (χ2v) is 5.14. The number of nitrogens with two attached hydrogens (primary N) is 1. The first-order valence-corrected chi connectivity index (χ1v) is 6.62. The number of carboxylic acid groups (broad SMARTS) is 1. The lowest BCUT2D eigenvalue weighted by atomic mass is 9.89. The highest BCUT2D eigenvalue weighted by molar-refractivity contribution is 5.77. The van der Waals surface area contributed by atoms with E-state index in [-0.39, 0.29) is 0 Å². The van der Waals surface area contributed by atoms with Crippen molar-refractivity contribution in [3.05, 3.63) is 64.7 Å². The molecule has 0 amide bonds. The number of aliphatic carboxylic acids is 1. The average molecular weight is 269 g/mol. The van der Waals surface area contributed by atoms with E-state index in [0.717, 1.165) is 22.3 Å². The van der Waals surface area contributed by atoms with Gasteiger partial charge in [-0.3, -0.25) is 4.79 Å². The lowest BCUT2D eigenvalue weighted by Gasteiger charge is -2.15. The Bertz CT molecular complexity index is 635. The Hall–Kier alpha value is -2.29. The van der Waals surface area contributed by atoms with E-state index in [4.69, 9.17) is 5.73 Å². The van der Waals surface area contributed by atoms with Gasteiger partial charge < -0.3 is 10.8 Å². The molecule has 2 aromatic carbocycles. The number of carbonyl (C=O) groups is 1. The van der Waals surface area contributed by atoms with Crippen molar-refractivity contribution >= 4 is 11.7 Å². The number of aryl methyl sites for hydroxylation is 2. The molecule has 0 saturated carbocycles. The molecule has 2 aromatic rings. The predicted octanol–water partition coefficient (Wildman–Crippen LogP) is 3.30. The van der Waals surface area contributed by atoms with E-state index in [1.807, 2.05) is 50.2 Å². The molecule has 0 spiro atoms. The lowest BCUT2D eigenvalue weighted by molar-refractivity contribution is -0.138. The zero-order chi connectivity index (χ0) is 14.7. The first-order valence-electron chi connectivity index (χ1n) is 6.62. The fourth-order valence-electron chi connectivity index (χ4n) is 2.27. The fraction of sp³-hybridized carbons (Fsp3) is 0.235. The molecular weight excluding hydrogens is 250 g/mol. The Labute approximate surface area is 119 Å². The topological polar surface area (TPSA) is 63.3 Å². The normalized spacial score (nSPS) is 12.1. The van der Waals surface area contributed by atoms with E-state index < -0.39 is 11.9 Å². The summed E-state index contributed by atoms with van der Waals surface area (Å²) >= 11 is 0. The summed E-state index contributed by atoms with van der Waals surface area (Å²) in [5.41, 5.74) is 10.5. The monoisotopic (exact) mass is 269 g/mol. The zero-order valence-electron chi connectivity index (χ0n) is 11.8. The zero-order valence-corrected chi connectivity index (χ0v) is 11.8. The summed E-state index contributed by atoms with van der Waals surface area (Å²) in [6.07, 6.45) is 0.407. The number of hydrogen-bond donors (Lipinski definition) is 2. The molecule has 0 heterocycles. The third-order valence-electron chi connectivity index (χ3n) is 3.71. The highest BCUT2D eigenvalue weighted by Crippen LogP contribution is 2.25. The molecule has 0 aliphatic heterocycles. The number of hydrogen-bond acceptors (Lipinski definition) is 2. The number of nitrogen functional groups attached to an aromatic ring is 1. The van der Waals surface area contributed by atoms with Gasteiger partial charge in [-0.1, -0.05) is 36.4 Å². The van der Waals surface area contributed by atoms with Crippen LogP contribution >= 0.6 is 0 Å². The number of para-hydroxylation sites is 1. The van der Waals surface area contributed by atoms with Crippen LogP contribution in [0.15, 0.2) is 42.5 Å². The molecule has 3 nitrogen and oxygen atoms in total. The molecule has 0 aromatic heterocycles. The van der Waals surface area contributed by atoms with Crippen molar-refractivity contribution in [1.29, 1.82) is 0 Å². The van der Waals surface area contributed by atoms with Crippen LogP contribution in [0.1, 0.15) is 28.2 Å². The molecule has 20 heavy (non-hydrogen) atoms. The third-order valence-corrected chi connectivity index (χ3v) is 3.71. The molecule has 3 N–H and O–H groups in total. The van der Waals surface area contributed by atoms with E-state index in [0.29, 0.717) is 12.1 Å². The van der Waals surface area contributed by atoms with Crippen LogP contribution in [0.3, 0.4) is 0 Å². The van der Waals surface area contributed by atoms with Crippen molar-refractivity contribution in [2.24, 2.45) is 0 Å². The van der Waals surface area contributed by atoms with Gasteiger partial charge in [0.25, 0.3) is 0 Å². The Morgan fingerprint density at radius 1 is 1.15 bits per heavy atom.